The third-order valence-electron chi connectivity index (χ3n) is 2.25. The molecule has 0 aromatic heterocycles. The van der Waals surface area contributed by atoms with E-state index in [9.17, 15) is 0 Å². The summed E-state index contributed by atoms with van der Waals surface area (Å²) in [6, 6.07) is 0. The first-order valence-corrected chi connectivity index (χ1v) is 4.10. The zero-order valence-corrected chi connectivity index (χ0v) is 6.61. The Bertz CT molecular complexity index is 66.1. The highest BCUT2D eigenvalue weighted by atomic mass is 14.2. The van der Waals surface area contributed by atoms with E-state index in [1.165, 1.54) is 32.1 Å². The minimum atomic E-state index is 0.965. The fourth-order valence-electron chi connectivity index (χ4n) is 1.72. The number of hydrogen-bond donors (Lipinski definition) is 0. The second-order valence-corrected chi connectivity index (χ2v) is 3.51. The monoisotopic (exact) mass is 125 g/mol. The highest BCUT2D eigenvalue weighted by Gasteiger charge is 2.12. The molecule has 53 valence electrons. The van der Waals surface area contributed by atoms with Gasteiger partial charge in [0.05, 0.1) is 0 Å². The molecule has 0 N–H and O–H groups in total. The summed E-state index contributed by atoms with van der Waals surface area (Å²) in [5.41, 5.74) is 0. The normalized spacial score (nSPS) is 32.0. The molecule has 0 saturated heterocycles. The van der Waals surface area contributed by atoms with E-state index in [4.69, 9.17) is 0 Å². The van der Waals surface area contributed by atoms with Gasteiger partial charge in [0.25, 0.3) is 0 Å². The van der Waals surface area contributed by atoms with E-state index in [-0.39, 0.29) is 0 Å². The van der Waals surface area contributed by atoms with Gasteiger partial charge in [-0.3, -0.25) is 0 Å². The zero-order valence-electron chi connectivity index (χ0n) is 6.61. The summed E-state index contributed by atoms with van der Waals surface area (Å²) in [5.74, 6) is 2.69. The lowest BCUT2D eigenvalue weighted by Crippen LogP contribution is -1.95. The molecule has 0 aromatic carbocycles. The summed E-state index contributed by atoms with van der Waals surface area (Å²) in [6.07, 6.45) is 7.14. The van der Waals surface area contributed by atoms with Gasteiger partial charge in [-0.15, -0.1) is 0 Å². The second-order valence-electron chi connectivity index (χ2n) is 3.51. The minimum Gasteiger partial charge on any atom is -0.0625 e. The molecule has 0 heterocycles. The maximum absolute atomic E-state index is 2.37. The van der Waals surface area contributed by atoms with Gasteiger partial charge in [0, 0.05) is 0 Å². The molecular weight excluding hydrogens is 108 g/mol. The van der Waals surface area contributed by atoms with Crippen molar-refractivity contribution in [3.8, 4) is 0 Å². The molecule has 0 heteroatoms. The maximum Gasteiger partial charge on any atom is -0.0269 e. The van der Waals surface area contributed by atoms with Crippen LogP contribution in [0.4, 0.5) is 0 Å². The lowest BCUT2D eigenvalue weighted by Gasteiger charge is -2.09. The van der Waals surface area contributed by atoms with Gasteiger partial charge < -0.3 is 0 Å². The number of hydrogen-bond acceptors (Lipinski definition) is 0. The third kappa shape index (κ3) is 2.38. The molecule has 1 rings (SSSR count). The molecule has 1 fully saturated rings. The van der Waals surface area contributed by atoms with E-state index in [0.29, 0.717) is 0 Å². The molecule has 0 spiro atoms. The summed E-state index contributed by atoms with van der Waals surface area (Å²) < 4.78 is 0. The van der Waals surface area contributed by atoms with Crippen molar-refractivity contribution in [3.63, 3.8) is 0 Å². The first kappa shape index (κ1) is 7.11. The molecule has 1 aliphatic rings. The molecule has 0 aromatic rings. The van der Waals surface area contributed by atoms with E-state index >= 15 is 0 Å². The Morgan fingerprint density at radius 3 is 2.89 bits per heavy atom. The summed E-state index contributed by atoms with van der Waals surface area (Å²) in [4.78, 5) is 0. The van der Waals surface area contributed by atoms with Crippen LogP contribution in [0.15, 0.2) is 0 Å². The van der Waals surface area contributed by atoms with Crippen LogP contribution in [0.1, 0.15) is 46.0 Å². The quantitative estimate of drug-likeness (QED) is 0.436. The third-order valence-corrected chi connectivity index (χ3v) is 2.25. The van der Waals surface area contributed by atoms with Crippen LogP contribution < -0.4 is 0 Å². The van der Waals surface area contributed by atoms with Crippen LogP contribution in [-0.4, -0.2) is 0 Å². The molecule has 0 nitrogen and oxygen atoms in total. The zero-order chi connectivity index (χ0) is 6.69. The van der Waals surface area contributed by atoms with Crippen molar-refractivity contribution in [2.24, 2.45) is 5.92 Å². The Labute approximate surface area is 58.7 Å². The SMILES string of the molecule is C[C]1CCCCC(C)C1. The van der Waals surface area contributed by atoms with Crippen LogP contribution in [0, 0.1) is 11.8 Å². The molecule has 1 atom stereocenters. The van der Waals surface area contributed by atoms with Crippen molar-refractivity contribution in [1.82, 2.24) is 0 Å². The Balaban J connectivity index is 2.29. The second kappa shape index (κ2) is 3.24. The van der Waals surface area contributed by atoms with Gasteiger partial charge in [-0.05, 0) is 24.7 Å². The average molecular weight is 125 g/mol. The van der Waals surface area contributed by atoms with Crippen LogP contribution in [0.5, 0.6) is 0 Å². The molecule has 1 unspecified atom stereocenters. The predicted octanol–water partition coefficient (Wildman–Crippen LogP) is 3.18. The summed E-state index contributed by atoms with van der Waals surface area (Å²) >= 11 is 0. The Morgan fingerprint density at radius 1 is 1.33 bits per heavy atom. The van der Waals surface area contributed by atoms with Crippen molar-refractivity contribution in [3.05, 3.63) is 5.92 Å². The minimum absolute atomic E-state index is 0.965. The molecule has 9 heavy (non-hydrogen) atoms. The van der Waals surface area contributed by atoms with Crippen molar-refractivity contribution < 1.29 is 0 Å². The molecule has 1 aliphatic carbocycles. The lowest BCUT2D eigenvalue weighted by molar-refractivity contribution is 0.517. The lowest BCUT2D eigenvalue weighted by atomic mass is 9.97. The highest BCUT2D eigenvalue weighted by Crippen LogP contribution is 2.27. The van der Waals surface area contributed by atoms with Gasteiger partial charge in [-0.2, -0.15) is 0 Å². The van der Waals surface area contributed by atoms with E-state index in [1.807, 2.05) is 0 Å². The van der Waals surface area contributed by atoms with Crippen molar-refractivity contribution in [2.75, 3.05) is 0 Å². The first-order chi connectivity index (χ1) is 4.29. The smallest absolute Gasteiger partial charge is 0.0269 e. The predicted molar refractivity (Wildman–Crippen MR) is 41.2 cm³/mol. The molecule has 0 bridgehead atoms. The van der Waals surface area contributed by atoms with E-state index in [2.05, 4.69) is 13.8 Å². The van der Waals surface area contributed by atoms with Crippen molar-refractivity contribution in [1.29, 1.82) is 0 Å². The Kier molecular flexibility index (Phi) is 2.56. The van der Waals surface area contributed by atoms with Crippen LogP contribution in [-0.2, 0) is 0 Å². The van der Waals surface area contributed by atoms with Crippen LogP contribution in [0.2, 0.25) is 0 Å². The largest absolute Gasteiger partial charge is 0.0625 e. The van der Waals surface area contributed by atoms with Crippen LogP contribution in [0.25, 0.3) is 0 Å². The van der Waals surface area contributed by atoms with Gasteiger partial charge in [-0.25, -0.2) is 0 Å². The average Bonchev–Trinajstić information content (AvgIpc) is 1.93. The summed E-state index contributed by atoms with van der Waals surface area (Å²) in [5, 5.41) is 0. The van der Waals surface area contributed by atoms with Crippen LogP contribution >= 0.6 is 0 Å². The van der Waals surface area contributed by atoms with E-state index in [1.54, 1.807) is 5.92 Å². The number of rotatable bonds is 0. The Hall–Kier alpha value is 0. The van der Waals surface area contributed by atoms with Crippen molar-refractivity contribution in [2.45, 2.75) is 46.0 Å². The van der Waals surface area contributed by atoms with Gasteiger partial charge >= 0.3 is 0 Å². The van der Waals surface area contributed by atoms with Gasteiger partial charge in [0.1, 0.15) is 0 Å². The highest BCUT2D eigenvalue weighted by molar-refractivity contribution is 4.87. The van der Waals surface area contributed by atoms with Gasteiger partial charge in [-0.1, -0.05) is 33.1 Å². The molecule has 0 aliphatic heterocycles. The van der Waals surface area contributed by atoms with Crippen molar-refractivity contribution >= 4 is 0 Å². The fourth-order valence-corrected chi connectivity index (χ4v) is 1.72. The molecular formula is C9H17. The fraction of sp³-hybridized carbons (Fsp3) is 0.889. The van der Waals surface area contributed by atoms with E-state index < -0.39 is 0 Å². The van der Waals surface area contributed by atoms with Crippen LogP contribution in [0.3, 0.4) is 0 Å². The molecule has 0 amide bonds. The maximum atomic E-state index is 2.37. The summed E-state index contributed by atoms with van der Waals surface area (Å²) in [7, 11) is 0. The Morgan fingerprint density at radius 2 is 2.11 bits per heavy atom. The van der Waals surface area contributed by atoms with E-state index in [0.717, 1.165) is 5.92 Å². The van der Waals surface area contributed by atoms with Gasteiger partial charge in [0.15, 0.2) is 0 Å². The standard InChI is InChI=1S/C9H17/c1-8-5-3-4-6-9(2)7-8/h8H,3-7H2,1-2H3. The first-order valence-electron chi connectivity index (χ1n) is 4.10. The topological polar surface area (TPSA) is 0 Å². The van der Waals surface area contributed by atoms with Gasteiger partial charge in [0.2, 0.25) is 0 Å². The summed E-state index contributed by atoms with van der Waals surface area (Å²) in [6.45, 7) is 4.68. The molecule has 1 radical (unpaired) electrons. The molecule has 1 saturated carbocycles.